The third-order valence-corrected chi connectivity index (χ3v) is 2.65. The number of nitrogens with zero attached hydrogens (tertiary/aromatic N) is 1. The summed E-state index contributed by atoms with van der Waals surface area (Å²) in [5.74, 6) is -4.55. The molecule has 0 aromatic rings. The van der Waals surface area contributed by atoms with Crippen LogP contribution < -0.4 is 0 Å². The molecule has 0 amide bonds. The van der Waals surface area contributed by atoms with Crippen LogP contribution in [-0.2, 0) is 19.1 Å². The topological polar surface area (TPSA) is 95.7 Å². The van der Waals surface area contributed by atoms with Crippen LogP contribution in [0.3, 0.4) is 0 Å². The Morgan fingerprint density at radius 1 is 1.26 bits per heavy atom. The maximum absolute atomic E-state index is 14.7. The molecule has 0 fully saturated rings. The van der Waals surface area contributed by atoms with Gasteiger partial charge in [0.25, 0.3) is 0 Å². The van der Waals surface area contributed by atoms with Crippen molar-refractivity contribution < 1.29 is 28.4 Å². The molecule has 110 valence electrons. The summed E-state index contributed by atoms with van der Waals surface area (Å²) in [6.07, 6.45) is -0.0261. The van der Waals surface area contributed by atoms with Crippen LogP contribution in [0.4, 0.5) is 4.39 Å². The molecule has 0 aromatic heterocycles. The molecule has 1 atom stereocenters. The molecule has 0 radical (unpaired) electrons. The first kappa shape index (κ1) is 17.3. The fraction of sp³-hybridized carbons (Fsp3) is 0.818. The van der Waals surface area contributed by atoms with Gasteiger partial charge in [-0.2, -0.15) is 0 Å². The molecule has 0 bridgehead atoms. The van der Waals surface area contributed by atoms with Gasteiger partial charge in [-0.3, -0.25) is 10.1 Å². The molecule has 0 aliphatic rings. The number of methoxy groups -OCH3 is 2. The molecule has 19 heavy (non-hydrogen) atoms. The molecule has 0 saturated carbocycles. The quantitative estimate of drug-likeness (QED) is 0.298. The molecule has 8 heteroatoms. The zero-order valence-electron chi connectivity index (χ0n) is 11.3. The molecule has 0 spiro atoms. The SMILES string of the molecule is COC(=O)C(F)(C(=O)OC)[C@H](CC(C)C)C[N+](=O)[O-]. The van der Waals surface area contributed by atoms with Crippen molar-refractivity contribution in [1.82, 2.24) is 0 Å². The van der Waals surface area contributed by atoms with Crippen LogP contribution in [0, 0.1) is 22.0 Å². The second-order valence-corrected chi connectivity index (χ2v) is 4.54. The first-order valence-electron chi connectivity index (χ1n) is 5.67. The van der Waals surface area contributed by atoms with Gasteiger partial charge in [0.1, 0.15) is 0 Å². The first-order valence-corrected chi connectivity index (χ1v) is 5.67. The lowest BCUT2D eigenvalue weighted by atomic mass is 9.82. The Morgan fingerprint density at radius 3 is 1.95 bits per heavy atom. The Labute approximate surface area is 110 Å². The number of nitro groups is 1. The summed E-state index contributed by atoms with van der Waals surface area (Å²) in [4.78, 5) is 32.9. The summed E-state index contributed by atoms with van der Waals surface area (Å²) in [7, 11) is 1.80. The number of hydrogen-bond donors (Lipinski definition) is 0. The standard InChI is InChI=1S/C11H18FNO6/c1-7(2)5-8(6-13(16)17)11(12,9(14)18-3)10(15)19-4/h7-8H,5-6H2,1-4H3/t8-/m1/s1. The van der Waals surface area contributed by atoms with Gasteiger partial charge in [-0.15, -0.1) is 0 Å². The zero-order chi connectivity index (χ0) is 15.2. The van der Waals surface area contributed by atoms with Crippen molar-refractivity contribution in [2.45, 2.75) is 25.9 Å². The Balaban J connectivity index is 5.52. The Kier molecular flexibility index (Phi) is 6.37. The number of ether oxygens (including phenoxy) is 2. The largest absolute Gasteiger partial charge is 0.466 e. The number of esters is 2. The van der Waals surface area contributed by atoms with Gasteiger partial charge in [-0.1, -0.05) is 13.8 Å². The molecule has 0 saturated heterocycles. The summed E-state index contributed by atoms with van der Waals surface area (Å²) in [5, 5.41) is 10.6. The third kappa shape index (κ3) is 4.15. The van der Waals surface area contributed by atoms with Crippen LogP contribution in [-0.4, -0.2) is 43.3 Å². The van der Waals surface area contributed by atoms with Crippen LogP contribution >= 0.6 is 0 Å². The molecule has 0 aliphatic heterocycles. The minimum atomic E-state index is -3.17. The monoisotopic (exact) mass is 279 g/mol. The number of carbonyl (C=O) groups excluding carboxylic acids is 2. The fourth-order valence-electron chi connectivity index (χ4n) is 1.83. The van der Waals surface area contributed by atoms with Crippen molar-refractivity contribution in [2.75, 3.05) is 20.8 Å². The summed E-state index contributed by atoms with van der Waals surface area (Å²) in [6.45, 7) is 2.53. The van der Waals surface area contributed by atoms with E-state index < -0.39 is 35.0 Å². The van der Waals surface area contributed by atoms with Gasteiger partial charge >= 0.3 is 17.6 Å². The number of carbonyl (C=O) groups is 2. The van der Waals surface area contributed by atoms with Gasteiger partial charge in [0.15, 0.2) is 0 Å². The highest BCUT2D eigenvalue weighted by atomic mass is 19.1. The van der Waals surface area contributed by atoms with Crippen molar-refractivity contribution in [3.05, 3.63) is 10.1 Å². The summed E-state index contributed by atoms with van der Waals surface area (Å²) in [5.41, 5.74) is -3.17. The van der Waals surface area contributed by atoms with Crippen molar-refractivity contribution >= 4 is 11.9 Å². The van der Waals surface area contributed by atoms with E-state index in [4.69, 9.17) is 0 Å². The molecule has 0 N–H and O–H groups in total. The van der Waals surface area contributed by atoms with E-state index in [2.05, 4.69) is 9.47 Å². The van der Waals surface area contributed by atoms with Gasteiger partial charge in [0, 0.05) is 4.92 Å². The molecule has 0 heterocycles. The van der Waals surface area contributed by atoms with Crippen LogP contribution in [0.25, 0.3) is 0 Å². The van der Waals surface area contributed by atoms with E-state index >= 15 is 0 Å². The highest BCUT2D eigenvalue weighted by Gasteiger charge is 2.57. The van der Waals surface area contributed by atoms with Crippen LogP contribution in [0.15, 0.2) is 0 Å². The van der Waals surface area contributed by atoms with Crippen LogP contribution in [0.1, 0.15) is 20.3 Å². The third-order valence-electron chi connectivity index (χ3n) is 2.65. The minimum absolute atomic E-state index is 0.0261. The number of rotatable bonds is 7. The van der Waals surface area contributed by atoms with Crippen molar-refractivity contribution in [3.8, 4) is 0 Å². The van der Waals surface area contributed by atoms with Gasteiger partial charge in [0.2, 0.25) is 6.54 Å². The van der Waals surface area contributed by atoms with E-state index in [-0.39, 0.29) is 12.3 Å². The molecule has 0 aliphatic carbocycles. The molecule has 0 unspecified atom stereocenters. The number of halogens is 1. The predicted octanol–water partition coefficient (Wildman–Crippen LogP) is 0.980. The highest BCUT2D eigenvalue weighted by Crippen LogP contribution is 2.31. The van der Waals surface area contributed by atoms with Gasteiger partial charge in [-0.25, -0.2) is 14.0 Å². The van der Waals surface area contributed by atoms with E-state index in [1.807, 2.05) is 0 Å². The summed E-state index contributed by atoms with van der Waals surface area (Å²) >= 11 is 0. The zero-order valence-corrected chi connectivity index (χ0v) is 11.3. The van der Waals surface area contributed by atoms with Gasteiger partial charge < -0.3 is 9.47 Å². The normalized spacial score (nSPS) is 12.9. The molecule has 0 rings (SSSR count). The lowest BCUT2D eigenvalue weighted by Crippen LogP contribution is -2.52. The van der Waals surface area contributed by atoms with E-state index in [1.54, 1.807) is 13.8 Å². The smallest absolute Gasteiger partial charge is 0.356 e. The average Bonchev–Trinajstić information content (AvgIpc) is 2.33. The van der Waals surface area contributed by atoms with Crippen molar-refractivity contribution in [1.29, 1.82) is 0 Å². The number of hydrogen-bond acceptors (Lipinski definition) is 6. The van der Waals surface area contributed by atoms with Crippen LogP contribution in [0.2, 0.25) is 0 Å². The van der Waals surface area contributed by atoms with E-state index in [0.717, 1.165) is 14.2 Å². The number of alkyl halides is 1. The molecule has 0 aromatic carbocycles. The van der Waals surface area contributed by atoms with Gasteiger partial charge in [0.05, 0.1) is 20.1 Å². The first-order chi connectivity index (χ1) is 8.69. The Bertz CT molecular complexity index is 341. The average molecular weight is 279 g/mol. The maximum atomic E-state index is 14.7. The lowest BCUT2D eigenvalue weighted by molar-refractivity contribution is -0.491. The van der Waals surface area contributed by atoms with E-state index in [1.165, 1.54) is 0 Å². The van der Waals surface area contributed by atoms with E-state index in [0.29, 0.717) is 0 Å². The maximum Gasteiger partial charge on any atom is 0.356 e. The molecular formula is C11H18FNO6. The molecule has 7 nitrogen and oxygen atoms in total. The van der Waals surface area contributed by atoms with Crippen molar-refractivity contribution in [3.63, 3.8) is 0 Å². The van der Waals surface area contributed by atoms with Gasteiger partial charge in [-0.05, 0) is 12.3 Å². The fourth-order valence-corrected chi connectivity index (χ4v) is 1.83. The predicted molar refractivity (Wildman–Crippen MR) is 62.7 cm³/mol. The van der Waals surface area contributed by atoms with Crippen molar-refractivity contribution in [2.24, 2.45) is 11.8 Å². The second kappa shape index (κ2) is 7.01. The Morgan fingerprint density at radius 2 is 1.68 bits per heavy atom. The minimum Gasteiger partial charge on any atom is -0.466 e. The highest BCUT2D eigenvalue weighted by molar-refractivity contribution is 6.03. The van der Waals surface area contributed by atoms with Crippen LogP contribution in [0.5, 0.6) is 0 Å². The lowest BCUT2D eigenvalue weighted by Gasteiger charge is -2.27. The Hall–Kier alpha value is -1.73. The summed E-state index contributed by atoms with van der Waals surface area (Å²) in [6, 6.07) is 0. The summed E-state index contributed by atoms with van der Waals surface area (Å²) < 4.78 is 23.2. The molecular weight excluding hydrogens is 261 g/mol. The second-order valence-electron chi connectivity index (χ2n) is 4.54. The van der Waals surface area contributed by atoms with E-state index in [9.17, 15) is 24.1 Å².